The van der Waals surface area contributed by atoms with E-state index in [4.69, 9.17) is 9.84 Å². The molecule has 1 N–H and O–H groups in total. The topological polar surface area (TPSA) is 46.5 Å². The number of aliphatic carboxylic acids is 1. The lowest BCUT2D eigenvalue weighted by Crippen LogP contribution is -2.27. The molecule has 0 aromatic heterocycles. The Morgan fingerprint density at radius 2 is 1.92 bits per heavy atom. The van der Waals surface area contributed by atoms with Crippen LogP contribution in [0, 0.1) is 11.8 Å². The number of hydrogen-bond acceptors (Lipinski definition) is 3. The molecule has 2 heterocycles. The SMILES string of the molecule is CCCCCSCCC1C2CCC(O2)C1C/C=C\CCCC(=O)O. The predicted molar refractivity (Wildman–Crippen MR) is 102 cm³/mol. The first-order valence-corrected chi connectivity index (χ1v) is 11.0. The Kier molecular flexibility index (Phi) is 9.26. The molecule has 2 aliphatic heterocycles. The predicted octanol–water partition coefficient (Wildman–Crippen LogP) is 5.29. The first-order chi connectivity index (χ1) is 11.7. The third kappa shape index (κ3) is 6.44. The van der Waals surface area contributed by atoms with E-state index in [-0.39, 0.29) is 6.42 Å². The summed E-state index contributed by atoms with van der Waals surface area (Å²) in [5, 5.41) is 8.66. The van der Waals surface area contributed by atoms with Gasteiger partial charge in [0.1, 0.15) is 0 Å². The maximum Gasteiger partial charge on any atom is 0.303 e. The van der Waals surface area contributed by atoms with Gasteiger partial charge in [-0.3, -0.25) is 4.79 Å². The number of fused-ring (bicyclic) bond motifs is 2. The third-order valence-corrected chi connectivity index (χ3v) is 6.52. The molecule has 4 unspecified atom stereocenters. The lowest BCUT2D eigenvalue weighted by molar-refractivity contribution is -0.137. The van der Waals surface area contributed by atoms with Crippen molar-refractivity contribution in [3.05, 3.63) is 12.2 Å². The number of unbranched alkanes of at least 4 members (excludes halogenated alkanes) is 3. The highest BCUT2D eigenvalue weighted by atomic mass is 32.2. The molecule has 2 saturated heterocycles. The van der Waals surface area contributed by atoms with Crippen molar-refractivity contribution in [3.63, 3.8) is 0 Å². The second-order valence-corrected chi connectivity index (χ2v) is 8.44. The molecular weight excluding hydrogens is 320 g/mol. The minimum Gasteiger partial charge on any atom is -0.481 e. The van der Waals surface area contributed by atoms with Crippen molar-refractivity contribution in [2.75, 3.05) is 11.5 Å². The van der Waals surface area contributed by atoms with Gasteiger partial charge in [0, 0.05) is 6.42 Å². The molecule has 2 rings (SSSR count). The molecule has 0 aromatic carbocycles. The van der Waals surface area contributed by atoms with Crippen LogP contribution < -0.4 is 0 Å². The zero-order valence-electron chi connectivity index (χ0n) is 15.1. The Morgan fingerprint density at radius 3 is 2.67 bits per heavy atom. The average Bonchev–Trinajstić information content (AvgIpc) is 3.15. The standard InChI is InChI=1S/C20H34O3S/c1-2-3-8-14-24-15-13-17-16(18-11-12-19(17)23-18)9-6-4-5-7-10-20(21)22/h4,6,16-19H,2-3,5,7-15H2,1H3,(H,21,22)/b6-4-. The number of hydrogen-bond donors (Lipinski definition) is 1. The highest BCUT2D eigenvalue weighted by Gasteiger charge is 2.47. The summed E-state index contributed by atoms with van der Waals surface area (Å²) in [5.74, 6) is 3.33. The monoisotopic (exact) mass is 354 g/mol. The number of carbonyl (C=O) groups is 1. The number of thioether (sulfide) groups is 1. The summed E-state index contributed by atoms with van der Waals surface area (Å²) >= 11 is 2.12. The van der Waals surface area contributed by atoms with E-state index in [2.05, 4.69) is 30.8 Å². The molecule has 0 radical (unpaired) electrons. The van der Waals surface area contributed by atoms with Crippen LogP contribution in [0.2, 0.25) is 0 Å². The average molecular weight is 355 g/mol. The number of allylic oxidation sites excluding steroid dienone is 2. The van der Waals surface area contributed by atoms with Gasteiger partial charge in [-0.25, -0.2) is 0 Å². The highest BCUT2D eigenvalue weighted by molar-refractivity contribution is 7.99. The van der Waals surface area contributed by atoms with Gasteiger partial charge >= 0.3 is 5.97 Å². The van der Waals surface area contributed by atoms with Crippen LogP contribution in [-0.2, 0) is 9.53 Å². The lowest BCUT2D eigenvalue weighted by atomic mass is 9.76. The molecule has 0 saturated carbocycles. The minimum absolute atomic E-state index is 0.277. The van der Waals surface area contributed by atoms with Gasteiger partial charge in [0.2, 0.25) is 0 Å². The quantitative estimate of drug-likeness (QED) is 0.360. The van der Waals surface area contributed by atoms with Gasteiger partial charge in [-0.1, -0.05) is 31.9 Å². The molecule has 138 valence electrons. The molecule has 0 aliphatic carbocycles. The van der Waals surface area contributed by atoms with Crippen LogP contribution in [0.15, 0.2) is 12.2 Å². The van der Waals surface area contributed by atoms with E-state index in [9.17, 15) is 4.79 Å². The summed E-state index contributed by atoms with van der Waals surface area (Å²) in [7, 11) is 0. The Hall–Kier alpha value is -0.480. The summed E-state index contributed by atoms with van der Waals surface area (Å²) in [4.78, 5) is 10.5. The minimum atomic E-state index is -0.693. The van der Waals surface area contributed by atoms with Gasteiger partial charge in [0.15, 0.2) is 0 Å². The summed E-state index contributed by atoms with van der Waals surface area (Å²) < 4.78 is 6.18. The Balaban J connectivity index is 1.65. The molecule has 2 bridgehead atoms. The molecule has 0 spiro atoms. The first-order valence-electron chi connectivity index (χ1n) is 9.82. The van der Waals surface area contributed by atoms with Crippen LogP contribution in [0.4, 0.5) is 0 Å². The van der Waals surface area contributed by atoms with Crippen molar-refractivity contribution in [2.45, 2.75) is 83.3 Å². The van der Waals surface area contributed by atoms with Crippen molar-refractivity contribution in [2.24, 2.45) is 11.8 Å². The van der Waals surface area contributed by atoms with E-state index in [1.807, 2.05) is 0 Å². The largest absolute Gasteiger partial charge is 0.481 e. The van der Waals surface area contributed by atoms with E-state index in [1.54, 1.807) is 0 Å². The maximum absolute atomic E-state index is 10.5. The van der Waals surface area contributed by atoms with Crippen molar-refractivity contribution < 1.29 is 14.6 Å². The normalized spacial score (nSPS) is 28.9. The molecule has 4 atom stereocenters. The van der Waals surface area contributed by atoms with Crippen LogP contribution in [-0.4, -0.2) is 34.8 Å². The molecule has 0 aromatic rings. The van der Waals surface area contributed by atoms with Crippen molar-refractivity contribution in [1.82, 2.24) is 0 Å². The fraction of sp³-hybridized carbons (Fsp3) is 0.850. The Bertz CT molecular complexity index is 396. The summed E-state index contributed by atoms with van der Waals surface area (Å²) in [5.41, 5.74) is 0. The van der Waals surface area contributed by atoms with Crippen LogP contribution in [0.3, 0.4) is 0 Å². The van der Waals surface area contributed by atoms with Gasteiger partial charge in [0.05, 0.1) is 12.2 Å². The van der Waals surface area contributed by atoms with Crippen molar-refractivity contribution in [3.8, 4) is 0 Å². The second-order valence-electron chi connectivity index (χ2n) is 7.22. The molecule has 3 nitrogen and oxygen atoms in total. The summed E-state index contributed by atoms with van der Waals surface area (Å²) in [6.45, 7) is 2.26. The van der Waals surface area contributed by atoms with Gasteiger partial charge < -0.3 is 9.84 Å². The number of carboxylic acid groups (broad SMARTS) is 1. The summed E-state index contributed by atoms with van der Waals surface area (Å²) in [6, 6.07) is 0. The molecular formula is C20H34O3S. The zero-order valence-corrected chi connectivity index (χ0v) is 15.9. The van der Waals surface area contributed by atoms with Gasteiger partial charge in [-0.05, 0) is 68.3 Å². The van der Waals surface area contributed by atoms with E-state index in [0.717, 1.165) is 25.2 Å². The van der Waals surface area contributed by atoms with E-state index < -0.39 is 5.97 Å². The Morgan fingerprint density at radius 1 is 1.12 bits per heavy atom. The number of ether oxygens (including phenoxy) is 1. The van der Waals surface area contributed by atoms with Crippen LogP contribution in [0.25, 0.3) is 0 Å². The fourth-order valence-electron chi connectivity index (χ4n) is 4.12. The summed E-state index contributed by atoms with van der Waals surface area (Å²) in [6.07, 6.45) is 16.3. The molecule has 4 heteroatoms. The van der Waals surface area contributed by atoms with E-state index >= 15 is 0 Å². The maximum atomic E-state index is 10.5. The van der Waals surface area contributed by atoms with E-state index in [1.165, 1.54) is 50.0 Å². The number of rotatable bonds is 13. The molecule has 0 amide bonds. The number of carboxylic acids is 1. The van der Waals surface area contributed by atoms with Crippen LogP contribution >= 0.6 is 11.8 Å². The van der Waals surface area contributed by atoms with E-state index in [0.29, 0.717) is 18.1 Å². The third-order valence-electron chi connectivity index (χ3n) is 5.41. The van der Waals surface area contributed by atoms with Gasteiger partial charge in [-0.2, -0.15) is 11.8 Å². The molecule has 24 heavy (non-hydrogen) atoms. The van der Waals surface area contributed by atoms with Crippen LogP contribution in [0.5, 0.6) is 0 Å². The Labute approximate surface area is 151 Å². The first kappa shape index (κ1) is 19.8. The second kappa shape index (κ2) is 11.2. The zero-order chi connectivity index (χ0) is 17.2. The molecule has 2 fully saturated rings. The molecule has 2 aliphatic rings. The lowest BCUT2D eigenvalue weighted by Gasteiger charge is -2.27. The highest BCUT2D eigenvalue weighted by Crippen LogP contribution is 2.47. The smallest absolute Gasteiger partial charge is 0.303 e. The van der Waals surface area contributed by atoms with Gasteiger partial charge in [0.25, 0.3) is 0 Å². The van der Waals surface area contributed by atoms with Crippen molar-refractivity contribution >= 4 is 17.7 Å². The van der Waals surface area contributed by atoms with Crippen LogP contribution in [0.1, 0.15) is 71.1 Å². The van der Waals surface area contributed by atoms with Gasteiger partial charge in [-0.15, -0.1) is 0 Å². The van der Waals surface area contributed by atoms with Crippen molar-refractivity contribution in [1.29, 1.82) is 0 Å². The fourth-order valence-corrected chi connectivity index (χ4v) is 5.17.